The van der Waals surface area contributed by atoms with E-state index in [2.05, 4.69) is 44.6 Å². The van der Waals surface area contributed by atoms with Gasteiger partial charge in [0.25, 0.3) is 0 Å². The minimum Gasteiger partial charge on any atom is -0.508 e. The van der Waals surface area contributed by atoms with Gasteiger partial charge in [0.05, 0.1) is 35.7 Å². The molecule has 12 nitrogen and oxygen atoms in total. The van der Waals surface area contributed by atoms with Crippen molar-refractivity contribution in [1.29, 1.82) is 0 Å². The molecule has 15 heteroatoms. The fourth-order valence-electron chi connectivity index (χ4n) is 8.62. The van der Waals surface area contributed by atoms with Crippen molar-refractivity contribution in [3.8, 4) is 35.4 Å². The summed E-state index contributed by atoms with van der Waals surface area (Å²) < 4.78 is 59.7. The summed E-state index contributed by atoms with van der Waals surface area (Å²) >= 11 is 0. The summed E-state index contributed by atoms with van der Waals surface area (Å²) in [6, 6.07) is 8.85. The first kappa shape index (κ1) is 39.7. The van der Waals surface area contributed by atoms with Crippen molar-refractivity contribution < 1.29 is 32.5 Å². The Labute approximate surface area is 340 Å². The highest BCUT2D eigenvalue weighted by molar-refractivity contribution is 6.03. The SMILES string of the molecule is C#Cc1c(F)ccc2cc(O)cc(-c3ncc4c(N5CCCCC(NC(=O)C=C)C5)nc(OC[C@]5(C)C[C@@H](F)CN5c5ccnc(N6CCOC[C@H]6C)c5)nc4c3F)c12. The number of hydrogen-bond acceptors (Lipinski definition) is 11. The number of phenolic OH excluding ortho intramolecular Hbond substituents is 1. The van der Waals surface area contributed by atoms with Crippen LogP contribution in [0.1, 0.15) is 45.1 Å². The maximum atomic E-state index is 17.2. The molecule has 3 aliphatic rings. The van der Waals surface area contributed by atoms with E-state index in [-0.39, 0.29) is 82.4 Å². The number of alkyl halides is 1. The molecule has 5 aromatic rings. The Bertz CT molecular complexity index is 2480. The second-order valence-corrected chi connectivity index (χ2v) is 15.7. The molecule has 0 aliphatic carbocycles. The number of carbonyl (C=O) groups is 1. The van der Waals surface area contributed by atoms with Gasteiger partial charge in [-0.1, -0.05) is 18.6 Å². The number of rotatable bonds is 9. The van der Waals surface area contributed by atoms with Crippen LogP contribution in [0, 0.1) is 24.0 Å². The fraction of sp³-hybridized carbons (Fsp3) is 0.386. The van der Waals surface area contributed by atoms with Crippen molar-refractivity contribution >= 4 is 44.9 Å². The van der Waals surface area contributed by atoms with Gasteiger partial charge in [-0.05, 0) is 68.8 Å². The number of terminal acetylenes is 1. The Balaban J connectivity index is 1.21. The summed E-state index contributed by atoms with van der Waals surface area (Å²) in [4.78, 5) is 37.0. The maximum Gasteiger partial charge on any atom is 0.319 e. The number of phenols is 1. The quantitative estimate of drug-likeness (QED) is 0.126. The number of nitrogens with zero attached hydrogens (tertiary/aromatic N) is 7. The highest BCUT2D eigenvalue weighted by Crippen LogP contribution is 2.40. The van der Waals surface area contributed by atoms with Gasteiger partial charge in [0, 0.05) is 73.7 Å². The standard InChI is InChI=1S/C44H45F3N8O4/c1-5-32-35(46)11-10-27-17-31(56)19-33(38(27)32)40-39(47)41-34(21-49-40)42(53-14-8-7-9-29(23-53)50-37(57)6-2)52-43(51-41)59-25-44(4)20-28(45)22-55(44)30-12-13-48-36(18-30)54-15-16-58-24-26(54)3/h1,6,10-13,17-19,21,26,28-29,56H,2,7-9,14-16,20,22-25H2,3-4H3,(H,50,57)/t26-,28-,29?,44+/m1/s1. The van der Waals surface area contributed by atoms with Crippen LogP contribution < -0.4 is 24.8 Å². The van der Waals surface area contributed by atoms with E-state index >= 15 is 13.2 Å². The minimum atomic E-state index is -1.16. The Morgan fingerprint density at radius 2 is 2.02 bits per heavy atom. The van der Waals surface area contributed by atoms with E-state index in [1.807, 2.05) is 28.9 Å². The Hall–Kier alpha value is -6.14. The first-order valence-electron chi connectivity index (χ1n) is 19.8. The number of amides is 1. The van der Waals surface area contributed by atoms with Crippen LogP contribution in [-0.2, 0) is 9.53 Å². The van der Waals surface area contributed by atoms with Gasteiger partial charge in [0.2, 0.25) is 5.91 Å². The predicted octanol–water partition coefficient (Wildman–Crippen LogP) is 6.48. The summed E-state index contributed by atoms with van der Waals surface area (Å²) in [6.07, 6.45) is 11.4. The molecule has 306 valence electrons. The minimum absolute atomic E-state index is 0.0520. The van der Waals surface area contributed by atoms with Crippen molar-refractivity contribution in [2.45, 2.75) is 63.3 Å². The second kappa shape index (κ2) is 16.2. The fourth-order valence-corrected chi connectivity index (χ4v) is 8.62. The van der Waals surface area contributed by atoms with Gasteiger partial charge in [-0.3, -0.25) is 9.78 Å². The average molecular weight is 807 g/mol. The van der Waals surface area contributed by atoms with Crippen molar-refractivity contribution in [3.63, 3.8) is 0 Å². The van der Waals surface area contributed by atoms with E-state index in [1.54, 1.807) is 6.20 Å². The van der Waals surface area contributed by atoms with Gasteiger partial charge >= 0.3 is 6.01 Å². The lowest BCUT2D eigenvalue weighted by molar-refractivity contribution is -0.117. The summed E-state index contributed by atoms with van der Waals surface area (Å²) in [7, 11) is 0. The van der Waals surface area contributed by atoms with E-state index in [0.717, 1.165) is 24.3 Å². The lowest BCUT2D eigenvalue weighted by atomic mass is 9.96. The molecule has 2 aromatic carbocycles. The first-order chi connectivity index (χ1) is 28.5. The molecule has 3 fully saturated rings. The van der Waals surface area contributed by atoms with Gasteiger partial charge < -0.3 is 34.6 Å². The molecule has 1 unspecified atom stereocenters. The molecule has 59 heavy (non-hydrogen) atoms. The molecule has 0 radical (unpaired) electrons. The van der Waals surface area contributed by atoms with Gasteiger partial charge in [0.15, 0.2) is 5.82 Å². The van der Waals surface area contributed by atoms with Crippen LogP contribution in [0.2, 0.25) is 0 Å². The zero-order valence-corrected chi connectivity index (χ0v) is 32.9. The molecule has 6 heterocycles. The number of nitrogens with one attached hydrogen (secondary N) is 1. The van der Waals surface area contributed by atoms with Crippen LogP contribution in [0.25, 0.3) is 32.9 Å². The number of anilines is 3. The maximum absolute atomic E-state index is 17.2. The van der Waals surface area contributed by atoms with Crippen LogP contribution in [0.4, 0.5) is 30.5 Å². The van der Waals surface area contributed by atoms with Gasteiger partial charge in [-0.25, -0.2) is 18.2 Å². The van der Waals surface area contributed by atoms with Crippen molar-refractivity contribution in [3.05, 3.63) is 78.6 Å². The van der Waals surface area contributed by atoms with Gasteiger partial charge in [-0.2, -0.15) is 9.97 Å². The molecule has 0 saturated carbocycles. The highest BCUT2D eigenvalue weighted by atomic mass is 19.1. The Kier molecular flexibility index (Phi) is 10.9. The second-order valence-electron chi connectivity index (χ2n) is 15.7. The molecule has 3 saturated heterocycles. The summed E-state index contributed by atoms with van der Waals surface area (Å²) in [5.41, 5.74) is -0.488. The highest BCUT2D eigenvalue weighted by Gasteiger charge is 2.44. The summed E-state index contributed by atoms with van der Waals surface area (Å²) in [6.45, 7) is 10.3. The molecule has 2 N–H and O–H groups in total. The molecule has 4 atom stereocenters. The Morgan fingerprint density at radius 3 is 2.81 bits per heavy atom. The predicted molar refractivity (Wildman–Crippen MR) is 221 cm³/mol. The molecule has 0 spiro atoms. The van der Waals surface area contributed by atoms with E-state index in [4.69, 9.17) is 20.9 Å². The van der Waals surface area contributed by atoms with Gasteiger partial charge in [0.1, 0.15) is 47.2 Å². The van der Waals surface area contributed by atoms with Crippen molar-refractivity contribution in [2.24, 2.45) is 0 Å². The molecule has 3 aromatic heterocycles. The van der Waals surface area contributed by atoms with E-state index in [0.29, 0.717) is 50.5 Å². The lowest BCUT2D eigenvalue weighted by Gasteiger charge is -2.38. The third-order valence-electron chi connectivity index (χ3n) is 11.5. The van der Waals surface area contributed by atoms with E-state index in [1.165, 1.54) is 36.5 Å². The average Bonchev–Trinajstić information content (AvgIpc) is 3.36. The Morgan fingerprint density at radius 1 is 1.17 bits per heavy atom. The zero-order valence-electron chi connectivity index (χ0n) is 32.9. The van der Waals surface area contributed by atoms with Crippen LogP contribution in [0.15, 0.2) is 61.4 Å². The summed E-state index contributed by atoms with van der Waals surface area (Å²) in [5, 5.41) is 14.5. The van der Waals surface area contributed by atoms with E-state index in [9.17, 15) is 9.90 Å². The van der Waals surface area contributed by atoms with Crippen LogP contribution in [0.3, 0.4) is 0 Å². The van der Waals surface area contributed by atoms with E-state index < -0.39 is 23.3 Å². The number of benzene rings is 2. The monoisotopic (exact) mass is 806 g/mol. The molecule has 0 bridgehead atoms. The third-order valence-corrected chi connectivity index (χ3v) is 11.5. The molecule has 3 aliphatic heterocycles. The third kappa shape index (κ3) is 7.76. The topological polar surface area (TPSA) is 129 Å². The molecular weight excluding hydrogens is 762 g/mol. The number of halogens is 3. The lowest BCUT2D eigenvalue weighted by Crippen LogP contribution is -2.47. The number of carbonyl (C=O) groups excluding carboxylic acids is 1. The number of hydrogen-bond donors (Lipinski definition) is 2. The number of fused-ring (bicyclic) bond motifs is 2. The normalized spacial score (nSPS) is 22.3. The van der Waals surface area contributed by atoms with Crippen LogP contribution in [0.5, 0.6) is 11.8 Å². The van der Waals surface area contributed by atoms with Crippen LogP contribution >= 0.6 is 0 Å². The van der Waals surface area contributed by atoms with Gasteiger partial charge in [-0.15, -0.1) is 6.42 Å². The number of aromatic nitrogens is 4. The zero-order chi connectivity index (χ0) is 41.4. The largest absolute Gasteiger partial charge is 0.508 e. The smallest absolute Gasteiger partial charge is 0.319 e. The number of ether oxygens (including phenoxy) is 2. The molecule has 1 amide bonds. The number of pyridine rings is 2. The van der Waals surface area contributed by atoms with Crippen molar-refractivity contribution in [1.82, 2.24) is 25.3 Å². The number of aromatic hydroxyl groups is 1. The van der Waals surface area contributed by atoms with Crippen molar-refractivity contribution in [2.75, 3.05) is 60.7 Å². The number of morpholine rings is 1. The molecule has 8 rings (SSSR count). The summed E-state index contributed by atoms with van der Waals surface area (Å²) in [5.74, 6) is 1.39. The first-order valence-corrected chi connectivity index (χ1v) is 19.8. The van der Waals surface area contributed by atoms with Crippen LogP contribution in [-0.4, -0.2) is 101 Å². The molecular formula is C44H45F3N8O4.